The molecule has 1 N–H and O–H groups in total. The van der Waals surface area contributed by atoms with Crippen molar-refractivity contribution in [1.29, 1.82) is 0 Å². The topological polar surface area (TPSA) is 55.6 Å². The fourth-order valence-electron chi connectivity index (χ4n) is 2.03. The minimum Gasteiger partial charge on any atom is -0.371 e. The first-order chi connectivity index (χ1) is 9.28. The number of halogens is 1. The van der Waals surface area contributed by atoms with Crippen molar-refractivity contribution >= 4 is 28.6 Å². The summed E-state index contributed by atoms with van der Waals surface area (Å²) >= 11 is 5.86. The van der Waals surface area contributed by atoms with E-state index in [-0.39, 0.29) is 5.28 Å². The third-order valence-corrected chi connectivity index (χ3v) is 3.05. The van der Waals surface area contributed by atoms with Gasteiger partial charge in [-0.2, -0.15) is 9.97 Å². The van der Waals surface area contributed by atoms with Gasteiger partial charge in [-0.25, -0.2) is 4.98 Å². The number of hydrogen-bond donors (Lipinski definition) is 1. The lowest BCUT2D eigenvalue weighted by atomic mass is 10.2. The van der Waals surface area contributed by atoms with Gasteiger partial charge in [-0.1, -0.05) is 30.3 Å². The number of aromatic nitrogens is 4. The molecule has 0 unspecified atom stereocenters. The van der Waals surface area contributed by atoms with E-state index in [4.69, 9.17) is 11.6 Å². The number of nitrogens with zero attached hydrogens (tertiary/aromatic N) is 4. The molecule has 2 heterocycles. The monoisotopic (exact) mass is 273 g/mol. The Kier molecular flexibility index (Phi) is 3.05. The normalized spacial score (nSPS) is 10.8. The molecule has 0 aliphatic rings. The van der Waals surface area contributed by atoms with Crippen LogP contribution in [0.2, 0.25) is 5.28 Å². The Hall–Kier alpha value is -2.14. The van der Waals surface area contributed by atoms with Crippen molar-refractivity contribution in [1.82, 2.24) is 19.5 Å². The molecule has 6 heteroatoms. The molecule has 5 nitrogen and oxygen atoms in total. The molecule has 19 heavy (non-hydrogen) atoms. The summed E-state index contributed by atoms with van der Waals surface area (Å²) in [6.07, 6.45) is 1.75. The number of anilines is 1. The molecule has 0 saturated carbocycles. The van der Waals surface area contributed by atoms with Crippen molar-refractivity contribution in [3.63, 3.8) is 0 Å². The molecule has 0 aliphatic heterocycles. The van der Waals surface area contributed by atoms with Crippen LogP contribution in [0, 0.1) is 0 Å². The molecule has 96 valence electrons. The van der Waals surface area contributed by atoms with Crippen LogP contribution in [0.25, 0.3) is 11.2 Å². The summed E-state index contributed by atoms with van der Waals surface area (Å²) in [7, 11) is 1.80. The maximum atomic E-state index is 5.86. The van der Waals surface area contributed by atoms with Gasteiger partial charge in [-0.15, -0.1) is 0 Å². The minimum atomic E-state index is 0.196. The van der Waals surface area contributed by atoms with Crippen molar-refractivity contribution < 1.29 is 0 Å². The van der Waals surface area contributed by atoms with Crippen molar-refractivity contribution in [3.05, 3.63) is 47.5 Å². The van der Waals surface area contributed by atoms with Gasteiger partial charge < -0.3 is 9.88 Å². The molecule has 0 atom stereocenters. The van der Waals surface area contributed by atoms with Gasteiger partial charge in [0.1, 0.15) is 5.52 Å². The molecule has 0 radical (unpaired) electrons. The van der Waals surface area contributed by atoms with Crippen LogP contribution < -0.4 is 5.32 Å². The quantitative estimate of drug-likeness (QED) is 0.745. The number of imidazole rings is 1. The Morgan fingerprint density at radius 3 is 2.74 bits per heavy atom. The smallest absolute Gasteiger partial charge is 0.226 e. The molecule has 2 aromatic heterocycles. The lowest BCUT2D eigenvalue weighted by Gasteiger charge is -2.07. The van der Waals surface area contributed by atoms with Crippen LogP contribution in [-0.2, 0) is 6.54 Å². The molecule has 0 aliphatic carbocycles. The second-order valence-electron chi connectivity index (χ2n) is 4.12. The van der Waals surface area contributed by atoms with E-state index in [0.29, 0.717) is 11.5 Å². The second kappa shape index (κ2) is 4.85. The van der Waals surface area contributed by atoms with E-state index in [1.165, 1.54) is 5.56 Å². The third kappa shape index (κ3) is 2.24. The van der Waals surface area contributed by atoms with E-state index in [1.54, 1.807) is 13.4 Å². The Morgan fingerprint density at radius 1 is 1.21 bits per heavy atom. The molecular formula is C13H12ClN5. The van der Waals surface area contributed by atoms with Gasteiger partial charge in [0.25, 0.3) is 0 Å². The van der Waals surface area contributed by atoms with Gasteiger partial charge in [0.15, 0.2) is 11.5 Å². The van der Waals surface area contributed by atoms with Crippen LogP contribution >= 0.6 is 11.6 Å². The first-order valence-corrected chi connectivity index (χ1v) is 6.26. The Bertz CT molecular complexity index is 708. The molecule has 0 saturated heterocycles. The molecule has 0 spiro atoms. The summed E-state index contributed by atoms with van der Waals surface area (Å²) in [5, 5.41) is 3.22. The van der Waals surface area contributed by atoms with Crippen molar-refractivity contribution in [2.45, 2.75) is 6.54 Å². The molecule has 1 aromatic carbocycles. The zero-order valence-corrected chi connectivity index (χ0v) is 11.1. The summed E-state index contributed by atoms with van der Waals surface area (Å²) in [5.41, 5.74) is 2.65. The van der Waals surface area contributed by atoms with E-state index in [1.807, 2.05) is 22.8 Å². The first-order valence-electron chi connectivity index (χ1n) is 5.88. The minimum absolute atomic E-state index is 0.196. The standard InChI is InChI=1S/C13H12ClN5/c1-15-11-10-12(18-13(14)17-11)16-8-19(10)7-9-5-3-2-4-6-9/h2-6,8H,7H2,1H3,(H,15,17,18). The first kappa shape index (κ1) is 11.9. The maximum absolute atomic E-state index is 5.86. The lowest BCUT2D eigenvalue weighted by Crippen LogP contribution is -2.03. The molecule has 0 bridgehead atoms. The summed E-state index contributed by atoms with van der Waals surface area (Å²) in [6.45, 7) is 0.719. The fraction of sp³-hybridized carbons (Fsp3) is 0.154. The number of hydrogen-bond acceptors (Lipinski definition) is 4. The van der Waals surface area contributed by atoms with Crippen LogP contribution in [-0.4, -0.2) is 26.6 Å². The van der Waals surface area contributed by atoms with Crippen LogP contribution in [0.1, 0.15) is 5.56 Å². The van der Waals surface area contributed by atoms with Gasteiger partial charge in [0, 0.05) is 13.6 Å². The van der Waals surface area contributed by atoms with Gasteiger partial charge in [-0.3, -0.25) is 0 Å². The third-order valence-electron chi connectivity index (χ3n) is 2.88. The van der Waals surface area contributed by atoms with E-state index in [9.17, 15) is 0 Å². The lowest BCUT2D eigenvalue weighted by molar-refractivity contribution is 0.823. The largest absolute Gasteiger partial charge is 0.371 e. The predicted molar refractivity (Wildman–Crippen MR) is 75.4 cm³/mol. The molecule has 3 aromatic rings. The summed E-state index contributed by atoms with van der Waals surface area (Å²) in [5.74, 6) is 0.684. The van der Waals surface area contributed by atoms with Crippen LogP contribution in [0.4, 0.5) is 5.82 Å². The summed E-state index contributed by atoms with van der Waals surface area (Å²) in [6, 6.07) is 10.2. The van der Waals surface area contributed by atoms with Gasteiger partial charge in [-0.05, 0) is 17.2 Å². The van der Waals surface area contributed by atoms with E-state index in [0.717, 1.165) is 12.1 Å². The number of rotatable bonds is 3. The molecule has 0 amide bonds. The molecular weight excluding hydrogens is 262 g/mol. The Labute approximate surface area is 115 Å². The zero-order valence-electron chi connectivity index (χ0n) is 10.3. The van der Waals surface area contributed by atoms with Crippen molar-refractivity contribution in [2.24, 2.45) is 0 Å². The summed E-state index contributed by atoms with van der Waals surface area (Å²) < 4.78 is 2.01. The fourth-order valence-corrected chi connectivity index (χ4v) is 2.19. The molecule has 3 rings (SSSR count). The van der Waals surface area contributed by atoms with E-state index >= 15 is 0 Å². The predicted octanol–water partition coefficient (Wildman–Crippen LogP) is 2.57. The van der Waals surface area contributed by atoms with Gasteiger partial charge >= 0.3 is 0 Å². The van der Waals surface area contributed by atoms with Crippen LogP contribution in [0.3, 0.4) is 0 Å². The van der Waals surface area contributed by atoms with Gasteiger partial charge in [0.05, 0.1) is 6.33 Å². The maximum Gasteiger partial charge on any atom is 0.226 e. The SMILES string of the molecule is CNc1nc(Cl)nc2ncn(Cc3ccccc3)c12. The molecule has 0 fully saturated rings. The number of fused-ring (bicyclic) bond motifs is 1. The highest BCUT2D eigenvalue weighted by Crippen LogP contribution is 2.21. The van der Waals surface area contributed by atoms with E-state index < -0.39 is 0 Å². The number of benzene rings is 1. The Morgan fingerprint density at radius 2 is 2.00 bits per heavy atom. The Balaban J connectivity index is 2.10. The average molecular weight is 274 g/mol. The van der Waals surface area contributed by atoms with E-state index in [2.05, 4.69) is 32.4 Å². The average Bonchev–Trinajstić information content (AvgIpc) is 2.82. The highest BCUT2D eigenvalue weighted by Gasteiger charge is 2.12. The highest BCUT2D eigenvalue weighted by atomic mass is 35.5. The van der Waals surface area contributed by atoms with Crippen LogP contribution in [0.15, 0.2) is 36.7 Å². The van der Waals surface area contributed by atoms with Crippen LogP contribution in [0.5, 0.6) is 0 Å². The van der Waals surface area contributed by atoms with Gasteiger partial charge in [0.2, 0.25) is 5.28 Å². The highest BCUT2D eigenvalue weighted by molar-refractivity contribution is 6.28. The van der Waals surface area contributed by atoms with Crippen molar-refractivity contribution in [3.8, 4) is 0 Å². The second-order valence-corrected chi connectivity index (χ2v) is 4.46. The van der Waals surface area contributed by atoms with Crippen molar-refractivity contribution in [2.75, 3.05) is 12.4 Å². The summed E-state index contributed by atoms with van der Waals surface area (Å²) in [4.78, 5) is 12.6. The zero-order chi connectivity index (χ0) is 13.2. The number of nitrogens with one attached hydrogen (secondary N) is 1.